The van der Waals surface area contributed by atoms with Crippen molar-refractivity contribution in [3.63, 3.8) is 0 Å². The van der Waals surface area contributed by atoms with Gasteiger partial charge in [0.25, 0.3) is 0 Å². The molecule has 0 amide bonds. The Hall–Kier alpha value is -0.120. The topological polar surface area (TPSA) is 38.5 Å². The first kappa shape index (κ1) is 11.9. The summed E-state index contributed by atoms with van der Waals surface area (Å²) in [6, 6.07) is 0.485. The van der Waals surface area contributed by atoms with Crippen molar-refractivity contribution in [2.45, 2.75) is 26.3 Å². The lowest BCUT2D eigenvalue weighted by Gasteiger charge is -2.28. The van der Waals surface area contributed by atoms with E-state index in [0.29, 0.717) is 18.7 Å². The van der Waals surface area contributed by atoms with E-state index < -0.39 is 0 Å². The first-order valence-electron chi connectivity index (χ1n) is 4.57. The highest BCUT2D eigenvalue weighted by Crippen LogP contribution is 2.12. The van der Waals surface area contributed by atoms with E-state index in [1.54, 1.807) is 0 Å². The van der Waals surface area contributed by atoms with Gasteiger partial charge < -0.3 is 15.4 Å². The van der Waals surface area contributed by atoms with Crippen LogP contribution in [-0.2, 0) is 4.74 Å². The first-order valence-corrected chi connectivity index (χ1v) is 4.57. The molecule has 0 spiro atoms. The molecule has 1 unspecified atom stereocenters. The fourth-order valence-corrected chi connectivity index (χ4v) is 1.28. The summed E-state index contributed by atoms with van der Waals surface area (Å²) in [6.07, 6.45) is 1.18. The summed E-state index contributed by atoms with van der Waals surface area (Å²) in [5.41, 5.74) is 5.28. The Kier molecular flexibility index (Phi) is 6.34. The van der Waals surface area contributed by atoms with E-state index in [2.05, 4.69) is 32.8 Å². The Balaban J connectivity index is 3.85. The minimum Gasteiger partial charge on any atom is -0.365 e. The Labute approximate surface area is 75.9 Å². The van der Waals surface area contributed by atoms with Crippen LogP contribution >= 0.6 is 0 Å². The Morgan fingerprint density at radius 1 is 1.42 bits per heavy atom. The molecule has 0 saturated carbocycles. The minimum atomic E-state index is 0.320. The second-order valence-corrected chi connectivity index (χ2v) is 3.45. The number of nitrogens with zero attached hydrogens (tertiary/aromatic N) is 1. The maximum absolute atomic E-state index is 5.28. The normalized spacial score (nSPS) is 16.5. The van der Waals surface area contributed by atoms with E-state index in [4.69, 9.17) is 10.5 Å². The molecular weight excluding hydrogens is 152 g/mol. The van der Waals surface area contributed by atoms with Crippen molar-refractivity contribution in [3.8, 4) is 0 Å². The molecule has 3 nitrogen and oxygen atoms in total. The maximum Gasteiger partial charge on any atom is 0.0941 e. The molecule has 0 aliphatic carbocycles. The Morgan fingerprint density at radius 3 is 2.33 bits per heavy atom. The zero-order valence-electron chi connectivity index (χ0n) is 8.71. The third-order valence-electron chi connectivity index (χ3n) is 2.37. The van der Waals surface area contributed by atoms with Gasteiger partial charge in [0.05, 0.1) is 13.3 Å². The lowest BCUT2D eigenvalue weighted by atomic mass is 9.99. The second-order valence-electron chi connectivity index (χ2n) is 3.45. The zero-order chi connectivity index (χ0) is 9.56. The summed E-state index contributed by atoms with van der Waals surface area (Å²) in [5, 5.41) is 0. The van der Waals surface area contributed by atoms with Gasteiger partial charge in [-0.3, -0.25) is 0 Å². The van der Waals surface area contributed by atoms with E-state index >= 15 is 0 Å². The number of rotatable bonds is 6. The van der Waals surface area contributed by atoms with Crippen LogP contribution in [0.4, 0.5) is 0 Å². The predicted octanol–water partition coefficient (Wildman–Crippen LogP) is 0.896. The first-order chi connectivity index (χ1) is 5.63. The van der Waals surface area contributed by atoms with E-state index in [-0.39, 0.29) is 0 Å². The number of hydrogen-bond donors (Lipinski definition) is 1. The molecule has 3 heteroatoms. The van der Waals surface area contributed by atoms with Gasteiger partial charge in [-0.1, -0.05) is 20.3 Å². The molecule has 0 saturated heterocycles. The summed E-state index contributed by atoms with van der Waals surface area (Å²) in [6.45, 7) is 5.49. The summed E-state index contributed by atoms with van der Waals surface area (Å²) < 4.78 is 5.22. The highest BCUT2D eigenvalue weighted by Gasteiger charge is 2.17. The van der Waals surface area contributed by atoms with Crippen molar-refractivity contribution in [3.05, 3.63) is 0 Å². The van der Waals surface area contributed by atoms with Gasteiger partial charge in [-0.25, -0.2) is 0 Å². The molecule has 0 aliphatic heterocycles. The average molecular weight is 174 g/mol. The van der Waals surface area contributed by atoms with Crippen LogP contribution in [0.5, 0.6) is 0 Å². The summed E-state index contributed by atoms with van der Waals surface area (Å²) >= 11 is 0. The minimum absolute atomic E-state index is 0.320. The fourth-order valence-electron chi connectivity index (χ4n) is 1.28. The van der Waals surface area contributed by atoms with Crippen LogP contribution in [0.25, 0.3) is 0 Å². The van der Waals surface area contributed by atoms with Crippen molar-refractivity contribution < 1.29 is 4.74 Å². The molecule has 0 aromatic carbocycles. The molecule has 0 fully saturated rings. The molecule has 74 valence electrons. The van der Waals surface area contributed by atoms with E-state index in [0.717, 1.165) is 6.61 Å². The summed E-state index contributed by atoms with van der Waals surface area (Å²) in [4.78, 5) is 2.20. The summed E-state index contributed by atoms with van der Waals surface area (Å²) in [5.74, 6) is 0.659. The van der Waals surface area contributed by atoms with Gasteiger partial charge in [0, 0.05) is 6.04 Å². The van der Waals surface area contributed by atoms with Crippen molar-refractivity contribution in [2.24, 2.45) is 11.7 Å². The highest BCUT2D eigenvalue weighted by atomic mass is 16.5. The van der Waals surface area contributed by atoms with Crippen LogP contribution in [0.15, 0.2) is 0 Å². The molecule has 0 radical (unpaired) electrons. The van der Waals surface area contributed by atoms with Gasteiger partial charge in [0.15, 0.2) is 0 Å². The van der Waals surface area contributed by atoms with Crippen molar-refractivity contribution in [2.75, 3.05) is 27.4 Å². The van der Waals surface area contributed by atoms with E-state index in [9.17, 15) is 0 Å². The molecular formula is C9H22N2O. The zero-order valence-corrected chi connectivity index (χ0v) is 8.71. The van der Waals surface area contributed by atoms with Crippen molar-refractivity contribution >= 4 is 0 Å². The van der Waals surface area contributed by atoms with Gasteiger partial charge in [-0.15, -0.1) is 0 Å². The van der Waals surface area contributed by atoms with Crippen LogP contribution in [-0.4, -0.2) is 38.4 Å². The molecule has 0 aromatic heterocycles. The van der Waals surface area contributed by atoms with Gasteiger partial charge >= 0.3 is 0 Å². The van der Waals surface area contributed by atoms with Crippen molar-refractivity contribution in [1.29, 1.82) is 0 Å². The van der Waals surface area contributed by atoms with Gasteiger partial charge in [0.2, 0.25) is 0 Å². The molecule has 0 aromatic rings. The molecule has 0 heterocycles. The number of likely N-dealkylation sites (N-methyl/N-ethyl adjacent to an activating group) is 1. The van der Waals surface area contributed by atoms with E-state index in [1.807, 2.05) is 0 Å². The third-order valence-corrected chi connectivity index (χ3v) is 2.37. The lowest BCUT2D eigenvalue weighted by molar-refractivity contribution is 0.0596. The quantitative estimate of drug-likeness (QED) is 0.608. The molecule has 0 bridgehead atoms. The van der Waals surface area contributed by atoms with Gasteiger partial charge in [-0.05, 0) is 20.0 Å². The number of ether oxygens (including phenoxy) is 1. The Bertz CT molecular complexity index is 107. The maximum atomic E-state index is 5.28. The van der Waals surface area contributed by atoms with Crippen LogP contribution in [0.3, 0.4) is 0 Å². The largest absolute Gasteiger partial charge is 0.365 e. The Morgan fingerprint density at radius 2 is 2.00 bits per heavy atom. The number of nitrogens with two attached hydrogens (primary N) is 1. The van der Waals surface area contributed by atoms with E-state index in [1.165, 1.54) is 6.42 Å². The smallest absolute Gasteiger partial charge is 0.0941 e. The van der Waals surface area contributed by atoms with Crippen LogP contribution in [0.2, 0.25) is 0 Å². The highest BCUT2D eigenvalue weighted by molar-refractivity contribution is 4.71. The SMILES string of the molecule is CCC(C)[C@@H](COCN)N(C)C. The predicted molar refractivity (Wildman–Crippen MR) is 51.9 cm³/mol. The van der Waals surface area contributed by atoms with Crippen LogP contribution < -0.4 is 5.73 Å². The van der Waals surface area contributed by atoms with Crippen LogP contribution in [0, 0.1) is 5.92 Å². The summed E-state index contributed by atoms with van der Waals surface area (Å²) in [7, 11) is 4.16. The van der Waals surface area contributed by atoms with Gasteiger partial charge in [0.1, 0.15) is 0 Å². The number of hydrogen-bond acceptors (Lipinski definition) is 3. The van der Waals surface area contributed by atoms with Crippen molar-refractivity contribution in [1.82, 2.24) is 4.90 Å². The molecule has 0 rings (SSSR count). The fraction of sp³-hybridized carbons (Fsp3) is 1.00. The molecule has 12 heavy (non-hydrogen) atoms. The van der Waals surface area contributed by atoms with Gasteiger partial charge in [-0.2, -0.15) is 0 Å². The standard InChI is InChI=1S/C9H22N2O/c1-5-8(2)9(11(3)4)6-12-7-10/h8-9H,5-7,10H2,1-4H3/t8?,9-/m1/s1. The average Bonchev–Trinajstić information content (AvgIpc) is 2.04. The molecule has 2 atom stereocenters. The molecule has 0 aliphatic rings. The second kappa shape index (κ2) is 6.40. The monoisotopic (exact) mass is 174 g/mol. The third kappa shape index (κ3) is 4.04. The lowest BCUT2D eigenvalue weighted by Crippen LogP contribution is -2.38. The molecule has 2 N–H and O–H groups in total. The van der Waals surface area contributed by atoms with Crippen LogP contribution in [0.1, 0.15) is 20.3 Å².